The maximum atomic E-state index is 13.3. The lowest BCUT2D eigenvalue weighted by Gasteiger charge is -2.26. The number of barbiturate groups is 1. The standard InChI is InChI=1S/C29H24Br2N2O5/c1-3-6-20-13-19(15-25(37-4-2)26(20)38-17-18-9-11-21(30)12-10-18)14-24-27(34)32-29(36)33(28(24)35)23-8-5-7-22(31)16-23/h3,5,7-16H,1,4,6,17H2,2H3,(H,32,34,36). The molecular weight excluding hydrogens is 616 g/mol. The number of nitrogens with one attached hydrogen (secondary N) is 1. The van der Waals surface area contributed by atoms with E-state index in [4.69, 9.17) is 9.47 Å². The van der Waals surface area contributed by atoms with Gasteiger partial charge in [-0.25, -0.2) is 9.69 Å². The van der Waals surface area contributed by atoms with Gasteiger partial charge >= 0.3 is 6.03 Å². The van der Waals surface area contributed by atoms with Gasteiger partial charge in [-0.1, -0.05) is 56.1 Å². The Bertz CT molecular complexity index is 1430. The highest BCUT2D eigenvalue weighted by molar-refractivity contribution is 9.10. The highest BCUT2D eigenvalue weighted by Gasteiger charge is 2.37. The Morgan fingerprint density at radius 2 is 1.74 bits per heavy atom. The lowest BCUT2D eigenvalue weighted by atomic mass is 10.0. The number of halogens is 2. The van der Waals surface area contributed by atoms with Crippen molar-refractivity contribution in [3.8, 4) is 11.5 Å². The molecule has 0 aromatic heterocycles. The fourth-order valence-corrected chi connectivity index (χ4v) is 4.56. The molecule has 1 saturated heterocycles. The Morgan fingerprint density at radius 3 is 2.42 bits per heavy atom. The molecule has 7 nitrogen and oxygen atoms in total. The van der Waals surface area contributed by atoms with E-state index in [1.165, 1.54) is 6.08 Å². The Labute approximate surface area is 237 Å². The van der Waals surface area contributed by atoms with Gasteiger partial charge in [0.05, 0.1) is 12.3 Å². The second kappa shape index (κ2) is 12.2. The minimum absolute atomic E-state index is 0.180. The van der Waals surface area contributed by atoms with Gasteiger partial charge in [0.1, 0.15) is 12.2 Å². The summed E-state index contributed by atoms with van der Waals surface area (Å²) in [6.07, 6.45) is 3.65. The molecule has 0 bridgehead atoms. The first-order valence-electron chi connectivity index (χ1n) is 11.8. The topological polar surface area (TPSA) is 84.9 Å². The van der Waals surface area contributed by atoms with E-state index >= 15 is 0 Å². The average Bonchev–Trinajstić information content (AvgIpc) is 2.87. The lowest BCUT2D eigenvalue weighted by molar-refractivity contribution is -0.122. The molecule has 1 N–H and O–H groups in total. The van der Waals surface area contributed by atoms with Crippen LogP contribution in [-0.2, 0) is 22.6 Å². The molecule has 9 heteroatoms. The molecule has 3 aromatic rings. The number of imide groups is 2. The minimum Gasteiger partial charge on any atom is -0.490 e. The largest absolute Gasteiger partial charge is 0.490 e. The number of carbonyl (C=O) groups is 3. The zero-order chi connectivity index (χ0) is 27.2. The number of ether oxygens (including phenoxy) is 2. The van der Waals surface area contributed by atoms with Crippen molar-refractivity contribution in [2.24, 2.45) is 0 Å². The van der Waals surface area contributed by atoms with Gasteiger partial charge in [0.2, 0.25) is 0 Å². The highest BCUT2D eigenvalue weighted by Crippen LogP contribution is 2.36. The first-order valence-corrected chi connectivity index (χ1v) is 13.3. The van der Waals surface area contributed by atoms with Crippen molar-refractivity contribution in [2.75, 3.05) is 11.5 Å². The Hall–Kier alpha value is -3.69. The number of hydrogen-bond donors (Lipinski definition) is 1. The van der Waals surface area contributed by atoms with E-state index in [-0.39, 0.29) is 5.57 Å². The number of rotatable bonds is 9. The van der Waals surface area contributed by atoms with Crippen LogP contribution in [0, 0.1) is 0 Å². The van der Waals surface area contributed by atoms with Crippen LogP contribution in [0.3, 0.4) is 0 Å². The molecule has 4 amide bonds. The molecule has 1 aliphatic heterocycles. The molecule has 3 aromatic carbocycles. The summed E-state index contributed by atoms with van der Waals surface area (Å²) in [7, 11) is 0. The van der Waals surface area contributed by atoms with Gasteiger partial charge in [0, 0.05) is 14.5 Å². The molecule has 1 aliphatic rings. The predicted octanol–water partition coefficient (Wildman–Crippen LogP) is 6.58. The van der Waals surface area contributed by atoms with Crippen molar-refractivity contribution in [2.45, 2.75) is 20.0 Å². The zero-order valence-electron chi connectivity index (χ0n) is 20.5. The first kappa shape index (κ1) is 27.3. The average molecular weight is 640 g/mol. The van der Waals surface area contributed by atoms with Crippen molar-refractivity contribution < 1.29 is 23.9 Å². The summed E-state index contributed by atoms with van der Waals surface area (Å²) in [5.41, 5.74) is 2.45. The summed E-state index contributed by atoms with van der Waals surface area (Å²) in [5, 5.41) is 2.25. The molecule has 0 spiro atoms. The van der Waals surface area contributed by atoms with E-state index in [1.807, 2.05) is 37.3 Å². The maximum Gasteiger partial charge on any atom is 0.335 e. The molecule has 194 valence electrons. The molecule has 1 fully saturated rings. The van der Waals surface area contributed by atoms with Crippen molar-refractivity contribution in [1.82, 2.24) is 5.32 Å². The molecular formula is C29H24Br2N2O5. The van der Waals surface area contributed by atoms with Gasteiger partial charge in [-0.05, 0) is 73.0 Å². The molecule has 0 aliphatic carbocycles. The quantitative estimate of drug-likeness (QED) is 0.162. The summed E-state index contributed by atoms with van der Waals surface area (Å²) in [6, 6.07) is 17.2. The molecule has 0 unspecified atom stereocenters. The molecule has 1 heterocycles. The zero-order valence-corrected chi connectivity index (χ0v) is 23.7. The van der Waals surface area contributed by atoms with Crippen LogP contribution in [0.5, 0.6) is 11.5 Å². The first-order chi connectivity index (χ1) is 18.3. The molecule has 4 rings (SSSR count). The van der Waals surface area contributed by atoms with Crippen LogP contribution in [0.2, 0.25) is 0 Å². The van der Waals surface area contributed by atoms with Gasteiger partial charge in [0.15, 0.2) is 11.5 Å². The SMILES string of the molecule is C=CCc1cc(C=C2C(=O)NC(=O)N(c3cccc(Br)c3)C2=O)cc(OCC)c1OCc1ccc(Br)cc1. The van der Waals surface area contributed by atoms with Crippen LogP contribution in [-0.4, -0.2) is 24.5 Å². The summed E-state index contributed by atoms with van der Waals surface area (Å²) in [5.74, 6) is -0.470. The van der Waals surface area contributed by atoms with Gasteiger partial charge in [-0.15, -0.1) is 6.58 Å². The summed E-state index contributed by atoms with van der Waals surface area (Å²) in [4.78, 5) is 39.5. The molecule has 0 radical (unpaired) electrons. The monoisotopic (exact) mass is 638 g/mol. The van der Waals surface area contributed by atoms with Gasteiger partial charge in [0.25, 0.3) is 11.8 Å². The third-order valence-electron chi connectivity index (χ3n) is 5.59. The minimum atomic E-state index is -0.811. The van der Waals surface area contributed by atoms with E-state index in [0.717, 1.165) is 20.5 Å². The third-order valence-corrected chi connectivity index (χ3v) is 6.62. The van der Waals surface area contributed by atoms with Crippen LogP contribution in [0.4, 0.5) is 10.5 Å². The number of urea groups is 1. The van der Waals surface area contributed by atoms with Crippen LogP contribution in [0.25, 0.3) is 6.08 Å². The van der Waals surface area contributed by atoms with Gasteiger partial charge in [-0.2, -0.15) is 0 Å². The Balaban J connectivity index is 1.71. The van der Waals surface area contributed by atoms with E-state index in [9.17, 15) is 14.4 Å². The van der Waals surface area contributed by atoms with Crippen molar-refractivity contribution in [1.29, 1.82) is 0 Å². The van der Waals surface area contributed by atoms with E-state index in [1.54, 1.807) is 36.4 Å². The Morgan fingerprint density at radius 1 is 0.974 bits per heavy atom. The lowest BCUT2D eigenvalue weighted by Crippen LogP contribution is -2.54. The van der Waals surface area contributed by atoms with Crippen LogP contribution >= 0.6 is 31.9 Å². The summed E-state index contributed by atoms with van der Waals surface area (Å²) in [6.45, 7) is 6.41. The molecule has 0 saturated carbocycles. The second-order valence-electron chi connectivity index (χ2n) is 8.29. The van der Waals surface area contributed by atoms with Gasteiger partial charge in [-0.3, -0.25) is 14.9 Å². The second-order valence-corrected chi connectivity index (χ2v) is 10.1. The number of amides is 4. The summed E-state index contributed by atoms with van der Waals surface area (Å²) >= 11 is 6.78. The van der Waals surface area contributed by atoms with Crippen molar-refractivity contribution >= 4 is 61.5 Å². The fourth-order valence-electron chi connectivity index (χ4n) is 3.91. The molecule has 38 heavy (non-hydrogen) atoms. The van der Waals surface area contributed by atoms with Crippen LogP contribution in [0.1, 0.15) is 23.6 Å². The van der Waals surface area contributed by atoms with E-state index < -0.39 is 17.8 Å². The van der Waals surface area contributed by atoms with Crippen molar-refractivity contribution in [3.63, 3.8) is 0 Å². The number of carbonyl (C=O) groups excluding carboxylic acids is 3. The normalized spacial score (nSPS) is 14.4. The maximum absolute atomic E-state index is 13.3. The van der Waals surface area contributed by atoms with Crippen LogP contribution < -0.4 is 19.7 Å². The van der Waals surface area contributed by atoms with Crippen LogP contribution in [0.15, 0.2) is 87.8 Å². The molecule has 0 atom stereocenters. The summed E-state index contributed by atoms with van der Waals surface area (Å²) < 4.78 is 13.7. The van der Waals surface area contributed by atoms with E-state index in [0.29, 0.717) is 46.9 Å². The Kier molecular flexibility index (Phi) is 8.81. The number of nitrogens with zero attached hydrogens (tertiary/aromatic N) is 1. The third kappa shape index (κ3) is 6.23. The number of anilines is 1. The number of benzene rings is 3. The smallest absolute Gasteiger partial charge is 0.335 e. The van der Waals surface area contributed by atoms with Crippen molar-refractivity contribution in [3.05, 3.63) is 105 Å². The van der Waals surface area contributed by atoms with Gasteiger partial charge < -0.3 is 9.47 Å². The number of allylic oxidation sites excluding steroid dienone is 1. The predicted molar refractivity (Wildman–Crippen MR) is 153 cm³/mol. The fraction of sp³-hybridized carbons (Fsp3) is 0.138. The number of hydrogen-bond acceptors (Lipinski definition) is 5. The van der Waals surface area contributed by atoms with E-state index in [2.05, 4.69) is 43.8 Å². The highest BCUT2D eigenvalue weighted by atomic mass is 79.9.